The number of nitrogens with zero attached hydrogens (tertiary/aromatic N) is 4. The summed E-state index contributed by atoms with van der Waals surface area (Å²) < 4.78 is 0. The average Bonchev–Trinajstić information content (AvgIpc) is 2.48. The van der Waals surface area contributed by atoms with Crippen LogP contribution in [0.3, 0.4) is 0 Å². The Morgan fingerprint density at radius 3 is 2.74 bits per heavy atom. The van der Waals surface area contributed by atoms with E-state index in [2.05, 4.69) is 10.1 Å². The van der Waals surface area contributed by atoms with Crippen molar-refractivity contribution in [2.45, 2.75) is 0 Å². The predicted molar refractivity (Wildman–Crippen MR) is 70.0 cm³/mol. The fraction of sp³-hybridized carbons (Fsp3) is 0.417. The molecule has 7 heteroatoms. The van der Waals surface area contributed by atoms with Crippen LogP contribution in [0.4, 0.5) is 0 Å². The summed E-state index contributed by atoms with van der Waals surface area (Å²) in [6.07, 6.45) is 3.22. The number of nitrogens with two attached hydrogens (primary N) is 1. The minimum atomic E-state index is -0.00320. The van der Waals surface area contributed by atoms with Gasteiger partial charge < -0.3 is 15.8 Å². The lowest BCUT2D eigenvalue weighted by atomic mass is 10.2. The molecule has 102 valence electrons. The number of hydrogen-bond acceptors (Lipinski definition) is 5. The second kappa shape index (κ2) is 6.14. The number of oxime groups is 1. The molecular formula is C12H17N5O2. The Hall–Kier alpha value is -2.15. The second-order valence-electron chi connectivity index (χ2n) is 4.40. The lowest BCUT2D eigenvalue weighted by molar-refractivity contribution is 0.0653. The van der Waals surface area contributed by atoms with Crippen LogP contribution in [-0.2, 0) is 0 Å². The maximum Gasteiger partial charge on any atom is 0.255 e. The molecule has 0 bridgehead atoms. The number of amidine groups is 1. The van der Waals surface area contributed by atoms with Crippen LogP contribution in [0.25, 0.3) is 0 Å². The molecule has 0 atom stereocenters. The summed E-state index contributed by atoms with van der Waals surface area (Å²) in [4.78, 5) is 19.9. The summed E-state index contributed by atoms with van der Waals surface area (Å²) >= 11 is 0. The first-order chi connectivity index (χ1) is 9.20. The van der Waals surface area contributed by atoms with Gasteiger partial charge in [-0.1, -0.05) is 5.16 Å². The van der Waals surface area contributed by atoms with Crippen LogP contribution in [0, 0.1) is 0 Å². The fourth-order valence-electron chi connectivity index (χ4n) is 2.04. The van der Waals surface area contributed by atoms with Crippen molar-refractivity contribution in [1.82, 2.24) is 14.8 Å². The van der Waals surface area contributed by atoms with Crippen LogP contribution in [0.1, 0.15) is 10.4 Å². The van der Waals surface area contributed by atoms with Crippen molar-refractivity contribution in [2.24, 2.45) is 10.9 Å². The highest BCUT2D eigenvalue weighted by Gasteiger charge is 2.22. The van der Waals surface area contributed by atoms with Crippen molar-refractivity contribution in [3.05, 3.63) is 30.1 Å². The number of rotatable bonds is 3. The Bertz CT molecular complexity index is 454. The summed E-state index contributed by atoms with van der Waals surface area (Å²) in [5.74, 6) is 0.184. The van der Waals surface area contributed by atoms with Gasteiger partial charge in [-0.3, -0.25) is 14.7 Å². The molecule has 0 spiro atoms. The maximum absolute atomic E-state index is 12.2. The van der Waals surface area contributed by atoms with E-state index in [4.69, 9.17) is 10.9 Å². The number of hydrogen-bond donors (Lipinski definition) is 2. The Balaban J connectivity index is 1.88. The molecule has 0 radical (unpaired) electrons. The Morgan fingerprint density at radius 2 is 2.16 bits per heavy atom. The largest absolute Gasteiger partial charge is 0.409 e. The van der Waals surface area contributed by atoms with Gasteiger partial charge in [0.1, 0.15) is 0 Å². The normalized spacial score (nSPS) is 17.5. The van der Waals surface area contributed by atoms with Crippen molar-refractivity contribution < 1.29 is 10.0 Å². The molecule has 19 heavy (non-hydrogen) atoms. The topological polar surface area (TPSA) is 95.0 Å². The minimum absolute atomic E-state index is 0.00320. The third-order valence-electron chi connectivity index (χ3n) is 3.08. The van der Waals surface area contributed by atoms with Crippen LogP contribution in [0.15, 0.2) is 29.7 Å². The zero-order chi connectivity index (χ0) is 13.7. The van der Waals surface area contributed by atoms with Gasteiger partial charge in [-0.15, -0.1) is 0 Å². The molecule has 1 amide bonds. The predicted octanol–water partition coefficient (Wildman–Crippen LogP) is -0.414. The SMILES string of the molecule is NC(CN1CCN(C(=O)c2cccnc2)CC1)=NO. The van der Waals surface area contributed by atoms with Gasteiger partial charge in [0, 0.05) is 38.6 Å². The fourth-order valence-corrected chi connectivity index (χ4v) is 2.04. The zero-order valence-corrected chi connectivity index (χ0v) is 10.6. The van der Waals surface area contributed by atoms with Gasteiger partial charge in [-0.2, -0.15) is 0 Å². The summed E-state index contributed by atoms with van der Waals surface area (Å²) in [5, 5.41) is 11.5. The highest BCUT2D eigenvalue weighted by atomic mass is 16.4. The van der Waals surface area contributed by atoms with Gasteiger partial charge in [0.25, 0.3) is 5.91 Å². The average molecular weight is 263 g/mol. The molecule has 7 nitrogen and oxygen atoms in total. The lowest BCUT2D eigenvalue weighted by Gasteiger charge is -2.34. The lowest BCUT2D eigenvalue weighted by Crippen LogP contribution is -2.50. The standard InChI is InChI=1S/C12H17N5O2/c13-11(15-19)9-16-4-6-17(7-5-16)12(18)10-2-1-3-14-8-10/h1-3,8,19H,4-7,9H2,(H2,13,15). The maximum atomic E-state index is 12.2. The minimum Gasteiger partial charge on any atom is -0.409 e. The number of piperazine rings is 1. The first-order valence-electron chi connectivity index (χ1n) is 6.09. The Labute approximate surface area is 111 Å². The van der Waals surface area contributed by atoms with Crippen molar-refractivity contribution in [1.29, 1.82) is 0 Å². The quantitative estimate of drug-likeness (QED) is 0.334. The molecule has 1 fully saturated rings. The highest BCUT2D eigenvalue weighted by Crippen LogP contribution is 2.07. The van der Waals surface area contributed by atoms with Gasteiger partial charge in [-0.25, -0.2) is 0 Å². The number of pyridine rings is 1. The Morgan fingerprint density at radius 1 is 1.42 bits per heavy atom. The van der Waals surface area contributed by atoms with E-state index in [-0.39, 0.29) is 11.7 Å². The van der Waals surface area contributed by atoms with Gasteiger partial charge in [-0.05, 0) is 12.1 Å². The molecule has 0 unspecified atom stereocenters. The first kappa shape index (κ1) is 13.3. The van der Waals surface area contributed by atoms with Crippen LogP contribution in [0.2, 0.25) is 0 Å². The van der Waals surface area contributed by atoms with Crippen LogP contribution in [0.5, 0.6) is 0 Å². The van der Waals surface area contributed by atoms with Crippen LogP contribution in [-0.4, -0.2) is 64.5 Å². The molecule has 1 aliphatic rings. The van der Waals surface area contributed by atoms with Crippen LogP contribution < -0.4 is 5.73 Å². The summed E-state index contributed by atoms with van der Waals surface area (Å²) in [5.41, 5.74) is 6.06. The van der Waals surface area contributed by atoms with Gasteiger partial charge in [0.15, 0.2) is 5.84 Å². The molecule has 0 aromatic carbocycles. The van der Waals surface area contributed by atoms with E-state index in [1.54, 1.807) is 29.4 Å². The number of aromatic nitrogens is 1. The molecular weight excluding hydrogens is 246 g/mol. The molecule has 1 aromatic heterocycles. The summed E-state index contributed by atoms with van der Waals surface area (Å²) in [6, 6.07) is 3.51. The molecule has 0 saturated carbocycles. The first-order valence-corrected chi connectivity index (χ1v) is 6.09. The number of amides is 1. The highest BCUT2D eigenvalue weighted by molar-refractivity contribution is 5.94. The second-order valence-corrected chi connectivity index (χ2v) is 4.40. The summed E-state index contributed by atoms with van der Waals surface area (Å²) in [7, 11) is 0. The molecule has 0 aliphatic carbocycles. The van der Waals surface area contributed by atoms with E-state index in [0.717, 1.165) is 0 Å². The van der Waals surface area contributed by atoms with E-state index in [1.165, 1.54) is 0 Å². The van der Waals surface area contributed by atoms with Gasteiger partial charge >= 0.3 is 0 Å². The molecule has 1 aliphatic heterocycles. The summed E-state index contributed by atoms with van der Waals surface area (Å²) in [6.45, 7) is 3.11. The van der Waals surface area contributed by atoms with Crippen molar-refractivity contribution in [3.63, 3.8) is 0 Å². The number of carbonyl (C=O) groups excluding carboxylic acids is 1. The van der Waals surface area contributed by atoms with Crippen molar-refractivity contribution in [3.8, 4) is 0 Å². The molecule has 2 heterocycles. The Kier molecular flexibility index (Phi) is 4.30. The smallest absolute Gasteiger partial charge is 0.255 e. The van der Waals surface area contributed by atoms with E-state index >= 15 is 0 Å². The van der Waals surface area contributed by atoms with Gasteiger partial charge in [0.05, 0.1) is 12.1 Å². The zero-order valence-electron chi connectivity index (χ0n) is 10.6. The van der Waals surface area contributed by atoms with E-state index in [1.807, 2.05) is 4.90 Å². The third-order valence-corrected chi connectivity index (χ3v) is 3.08. The molecule has 1 aromatic rings. The van der Waals surface area contributed by atoms with Crippen LogP contribution >= 0.6 is 0 Å². The van der Waals surface area contributed by atoms with Crippen molar-refractivity contribution in [2.75, 3.05) is 32.7 Å². The third kappa shape index (κ3) is 3.41. The van der Waals surface area contributed by atoms with E-state index in [9.17, 15) is 4.79 Å². The van der Waals surface area contributed by atoms with E-state index in [0.29, 0.717) is 38.3 Å². The molecule has 1 saturated heterocycles. The van der Waals surface area contributed by atoms with Crippen molar-refractivity contribution >= 4 is 11.7 Å². The molecule has 3 N–H and O–H groups in total. The van der Waals surface area contributed by atoms with Gasteiger partial charge in [0.2, 0.25) is 0 Å². The monoisotopic (exact) mass is 263 g/mol. The number of carbonyl (C=O) groups is 1. The van der Waals surface area contributed by atoms with E-state index < -0.39 is 0 Å². The molecule has 2 rings (SSSR count).